The van der Waals surface area contributed by atoms with E-state index in [-0.39, 0.29) is 0 Å². The van der Waals surface area contributed by atoms with Gasteiger partial charge in [0.25, 0.3) is 0 Å². The Hall–Kier alpha value is -2.13. The molecule has 0 unspecified atom stereocenters. The number of carbonyl (C=O) groups is 1. The summed E-state index contributed by atoms with van der Waals surface area (Å²) in [5, 5.41) is 9.25. The van der Waals surface area contributed by atoms with Gasteiger partial charge in [-0.25, -0.2) is 4.79 Å². The molecule has 0 bridgehead atoms. The van der Waals surface area contributed by atoms with Crippen LogP contribution in [0.5, 0.6) is 0 Å². The van der Waals surface area contributed by atoms with Crippen molar-refractivity contribution in [3.63, 3.8) is 0 Å². The average molecular weight is 241 g/mol. The lowest BCUT2D eigenvalue weighted by Gasteiger charge is -2.11. The number of rotatable bonds is 3. The smallest absolute Gasteiger partial charge is 0.336 e. The summed E-state index contributed by atoms with van der Waals surface area (Å²) in [6, 6.07) is 13.0. The van der Waals surface area contributed by atoms with Crippen LogP contribution in [-0.4, -0.2) is 11.1 Å². The summed E-state index contributed by atoms with van der Waals surface area (Å²) < 4.78 is 0. The Morgan fingerprint density at radius 3 is 2.50 bits per heavy atom. The number of hydrogen-bond acceptors (Lipinski definition) is 2. The van der Waals surface area contributed by atoms with Crippen molar-refractivity contribution in [1.29, 1.82) is 0 Å². The maximum absolute atomic E-state index is 11.3. The Balaban J connectivity index is 2.68. The monoisotopic (exact) mass is 241 g/mol. The summed E-state index contributed by atoms with van der Waals surface area (Å²) >= 11 is 0. The van der Waals surface area contributed by atoms with E-state index >= 15 is 0 Å². The number of nitrogens with two attached hydrogens (primary N) is 1. The molecule has 0 aliphatic rings. The van der Waals surface area contributed by atoms with Crippen molar-refractivity contribution < 1.29 is 9.90 Å². The summed E-state index contributed by atoms with van der Waals surface area (Å²) in [7, 11) is 0. The molecule has 0 aliphatic heterocycles. The first-order valence-corrected chi connectivity index (χ1v) is 5.75. The van der Waals surface area contributed by atoms with Crippen molar-refractivity contribution in [3.05, 3.63) is 59.2 Å². The zero-order chi connectivity index (χ0) is 13.1. The van der Waals surface area contributed by atoms with Gasteiger partial charge in [0.05, 0.1) is 5.56 Å². The van der Waals surface area contributed by atoms with Gasteiger partial charge in [0.15, 0.2) is 0 Å². The highest BCUT2D eigenvalue weighted by atomic mass is 16.4. The van der Waals surface area contributed by atoms with E-state index in [1.165, 1.54) is 0 Å². The van der Waals surface area contributed by atoms with E-state index in [0.29, 0.717) is 12.1 Å². The molecule has 0 heterocycles. The fraction of sp³-hybridized carbons (Fsp3) is 0.133. The minimum absolute atomic E-state index is 0.307. The van der Waals surface area contributed by atoms with E-state index in [1.54, 1.807) is 12.1 Å². The summed E-state index contributed by atoms with van der Waals surface area (Å²) in [5.74, 6) is -0.920. The predicted molar refractivity (Wildman–Crippen MR) is 71.5 cm³/mol. The first-order valence-electron chi connectivity index (χ1n) is 5.75. The molecule has 0 amide bonds. The highest BCUT2D eigenvalue weighted by Crippen LogP contribution is 2.28. The van der Waals surface area contributed by atoms with E-state index in [1.807, 2.05) is 37.3 Å². The number of carboxylic acid groups (broad SMARTS) is 1. The zero-order valence-corrected chi connectivity index (χ0v) is 10.2. The maximum atomic E-state index is 11.3. The minimum atomic E-state index is -0.920. The molecule has 2 rings (SSSR count). The first kappa shape index (κ1) is 12.3. The Bertz CT molecular complexity index is 591. The molecular weight excluding hydrogens is 226 g/mol. The third-order valence-electron chi connectivity index (χ3n) is 2.99. The topological polar surface area (TPSA) is 63.3 Å². The van der Waals surface area contributed by atoms with Crippen LogP contribution >= 0.6 is 0 Å². The molecule has 3 nitrogen and oxygen atoms in total. The largest absolute Gasteiger partial charge is 0.478 e. The van der Waals surface area contributed by atoms with Crippen molar-refractivity contribution in [2.45, 2.75) is 13.5 Å². The Kier molecular flexibility index (Phi) is 3.44. The van der Waals surface area contributed by atoms with Crippen LogP contribution in [0, 0.1) is 6.92 Å². The van der Waals surface area contributed by atoms with Crippen LogP contribution in [0.25, 0.3) is 11.1 Å². The van der Waals surface area contributed by atoms with E-state index in [0.717, 1.165) is 22.3 Å². The molecule has 0 radical (unpaired) electrons. The average Bonchev–Trinajstić information content (AvgIpc) is 2.38. The second-order valence-corrected chi connectivity index (χ2v) is 4.20. The molecule has 2 aromatic rings. The SMILES string of the molecule is Cc1ccccc1-c1cc(CN)ccc1C(=O)O. The maximum Gasteiger partial charge on any atom is 0.336 e. The highest BCUT2D eigenvalue weighted by molar-refractivity contribution is 5.96. The first-order chi connectivity index (χ1) is 8.63. The van der Waals surface area contributed by atoms with Crippen LogP contribution in [-0.2, 0) is 6.54 Å². The summed E-state index contributed by atoms with van der Waals surface area (Å²) in [4.78, 5) is 11.3. The molecule has 0 saturated heterocycles. The van der Waals surface area contributed by atoms with Gasteiger partial charge >= 0.3 is 5.97 Å². The molecule has 0 fully saturated rings. The molecule has 92 valence electrons. The number of hydrogen-bond donors (Lipinski definition) is 2. The molecule has 3 N–H and O–H groups in total. The van der Waals surface area contributed by atoms with Gasteiger partial charge in [0.2, 0.25) is 0 Å². The molecule has 0 aliphatic carbocycles. The van der Waals surface area contributed by atoms with E-state index < -0.39 is 5.97 Å². The van der Waals surface area contributed by atoms with Gasteiger partial charge in [-0.2, -0.15) is 0 Å². The molecule has 0 saturated carbocycles. The van der Waals surface area contributed by atoms with Gasteiger partial charge in [-0.15, -0.1) is 0 Å². The number of aromatic carboxylic acids is 1. The number of aryl methyl sites for hydroxylation is 1. The predicted octanol–water partition coefficient (Wildman–Crippen LogP) is 2.82. The van der Waals surface area contributed by atoms with Gasteiger partial charge in [0, 0.05) is 6.54 Å². The van der Waals surface area contributed by atoms with Gasteiger partial charge in [-0.3, -0.25) is 0 Å². The van der Waals surface area contributed by atoms with Crippen molar-refractivity contribution in [2.24, 2.45) is 5.73 Å². The normalized spacial score (nSPS) is 10.3. The zero-order valence-electron chi connectivity index (χ0n) is 10.2. The molecule has 0 atom stereocenters. The fourth-order valence-electron chi connectivity index (χ4n) is 2.00. The van der Waals surface area contributed by atoms with Crippen molar-refractivity contribution in [1.82, 2.24) is 0 Å². The number of carboxylic acids is 1. The highest BCUT2D eigenvalue weighted by Gasteiger charge is 2.13. The second kappa shape index (κ2) is 5.02. The lowest BCUT2D eigenvalue weighted by atomic mass is 9.94. The quantitative estimate of drug-likeness (QED) is 0.868. The van der Waals surface area contributed by atoms with Gasteiger partial charge in [0.1, 0.15) is 0 Å². The van der Waals surface area contributed by atoms with Crippen molar-refractivity contribution in [3.8, 4) is 11.1 Å². The van der Waals surface area contributed by atoms with Crippen LogP contribution in [0.15, 0.2) is 42.5 Å². The third kappa shape index (κ3) is 2.26. The standard InChI is InChI=1S/C15H15NO2/c1-10-4-2-3-5-12(10)14-8-11(9-16)6-7-13(14)15(17)18/h2-8H,9,16H2,1H3,(H,17,18). The molecule has 0 spiro atoms. The molecule has 2 aromatic carbocycles. The van der Waals surface area contributed by atoms with Gasteiger partial charge in [-0.05, 0) is 41.3 Å². The summed E-state index contributed by atoms with van der Waals surface area (Å²) in [6.07, 6.45) is 0. The molecule has 0 aromatic heterocycles. The lowest BCUT2D eigenvalue weighted by Crippen LogP contribution is -2.03. The Morgan fingerprint density at radius 1 is 1.17 bits per heavy atom. The molecular formula is C15H15NO2. The van der Waals surface area contributed by atoms with Crippen molar-refractivity contribution in [2.75, 3.05) is 0 Å². The molecule has 3 heteroatoms. The van der Waals surface area contributed by atoms with Crippen molar-refractivity contribution >= 4 is 5.97 Å². The van der Waals surface area contributed by atoms with E-state index in [4.69, 9.17) is 5.73 Å². The Labute approximate surface area is 106 Å². The van der Waals surface area contributed by atoms with Crippen LogP contribution < -0.4 is 5.73 Å². The van der Waals surface area contributed by atoms with E-state index in [9.17, 15) is 9.90 Å². The number of benzene rings is 2. The lowest BCUT2D eigenvalue weighted by molar-refractivity contribution is 0.0697. The summed E-state index contributed by atoms with van der Waals surface area (Å²) in [6.45, 7) is 2.37. The van der Waals surface area contributed by atoms with Gasteiger partial charge in [-0.1, -0.05) is 30.3 Å². The van der Waals surface area contributed by atoms with Crippen LogP contribution in [0.4, 0.5) is 0 Å². The van der Waals surface area contributed by atoms with E-state index in [2.05, 4.69) is 0 Å². The minimum Gasteiger partial charge on any atom is -0.478 e. The second-order valence-electron chi connectivity index (χ2n) is 4.20. The Morgan fingerprint density at radius 2 is 1.89 bits per heavy atom. The molecule has 18 heavy (non-hydrogen) atoms. The van der Waals surface area contributed by atoms with Gasteiger partial charge < -0.3 is 10.8 Å². The van der Waals surface area contributed by atoms with Crippen LogP contribution in [0.1, 0.15) is 21.5 Å². The fourth-order valence-corrected chi connectivity index (χ4v) is 2.00. The van der Waals surface area contributed by atoms with Crippen LogP contribution in [0.2, 0.25) is 0 Å². The van der Waals surface area contributed by atoms with Crippen LogP contribution in [0.3, 0.4) is 0 Å². The summed E-state index contributed by atoms with van der Waals surface area (Å²) in [5.41, 5.74) is 9.56. The third-order valence-corrected chi connectivity index (χ3v) is 2.99.